The Morgan fingerprint density at radius 1 is 1.30 bits per heavy atom. The van der Waals surface area contributed by atoms with Crippen LogP contribution in [0.3, 0.4) is 0 Å². The van der Waals surface area contributed by atoms with Crippen molar-refractivity contribution < 1.29 is 9.53 Å². The van der Waals surface area contributed by atoms with Gasteiger partial charge in [0.05, 0.1) is 12.6 Å². The Bertz CT molecular complexity index is 401. The number of benzene rings is 1. The molecule has 3 heteroatoms. The summed E-state index contributed by atoms with van der Waals surface area (Å²) in [7, 11) is 1.89. The Kier molecular flexibility index (Phi) is 8.40. The summed E-state index contributed by atoms with van der Waals surface area (Å²) in [6.45, 7) is 2.83. The second-order valence-electron chi connectivity index (χ2n) is 4.79. The normalized spacial score (nSPS) is 13.0. The Morgan fingerprint density at radius 3 is 2.65 bits per heavy atom. The smallest absolute Gasteiger partial charge is 0.146 e. The molecular formula is C17H25NO2. The van der Waals surface area contributed by atoms with Gasteiger partial charge in [-0.25, -0.2) is 0 Å². The molecule has 0 bridgehead atoms. The summed E-state index contributed by atoms with van der Waals surface area (Å²) in [4.78, 5) is 10.8. The van der Waals surface area contributed by atoms with E-state index in [0.717, 1.165) is 37.7 Å². The molecule has 1 aromatic carbocycles. The van der Waals surface area contributed by atoms with E-state index in [1.807, 2.05) is 25.2 Å². The van der Waals surface area contributed by atoms with Crippen molar-refractivity contribution in [3.8, 4) is 0 Å². The van der Waals surface area contributed by atoms with E-state index in [4.69, 9.17) is 4.74 Å². The predicted octanol–water partition coefficient (Wildman–Crippen LogP) is 3.11. The number of hydrogen-bond acceptors (Lipinski definition) is 3. The molecule has 0 radical (unpaired) electrons. The van der Waals surface area contributed by atoms with Crippen molar-refractivity contribution in [2.24, 2.45) is 0 Å². The van der Waals surface area contributed by atoms with E-state index in [2.05, 4.69) is 24.4 Å². The molecule has 1 atom stereocenters. The van der Waals surface area contributed by atoms with Crippen LogP contribution in [0.4, 0.5) is 0 Å². The molecule has 110 valence electrons. The number of aldehydes is 1. The van der Waals surface area contributed by atoms with Crippen LogP contribution < -0.4 is 5.32 Å². The third kappa shape index (κ3) is 6.02. The Balaban J connectivity index is 2.62. The number of carbonyl (C=O) groups is 1. The molecule has 1 rings (SSSR count). The maximum Gasteiger partial charge on any atom is 0.146 e. The summed E-state index contributed by atoms with van der Waals surface area (Å²) in [6.07, 6.45) is 6.46. The molecular weight excluding hydrogens is 250 g/mol. The predicted molar refractivity (Wildman–Crippen MR) is 82.6 cm³/mol. The largest absolute Gasteiger partial charge is 0.496 e. The number of allylic oxidation sites excluding steroid dienone is 1. The quantitative estimate of drug-likeness (QED) is 0.308. The molecule has 0 aliphatic carbocycles. The van der Waals surface area contributed by atoms with Crippen LogP contribution in [0.25, 0.3) is 0 Å². The second kappa shape index (κ2) is 10.2. The molecule has 0 spiro atoms. The lowest BCUT2D eigenvalue weighted by atomic mass is 10.0. The first-order chi connectivity index (χ1) is 9.81. The number of carbonyl (C=O) groups excluding carboxylic acids is 1. The lowest BCUT2D eigenvalue weighted by Gasteiger charge is -2.20. The van der Waals surface area contributed by atoms with E-state index in [0.29, 0.717) is 6.61 Å². The van der Waals surface area contributed by atoms with Crippen LogP contribution in [-0.2, 0) is 16.0 Å². The van der Waals surface area contributed by atoms with E-state index in [1.165, 1.54) is 11.6 Å². The summed E-state index contributed by atoms with van der Waals surface area (Å²) in [5.74, 6) is 0.724. The highest BCUT2D eigenvalue weighted by Gasteiger charge is 2.14. The van der Waals surface area contributed by atoms with Crippen LogP contribution >= 0.6 is 0 Å². The van der Waals surface area contributed by atoms with Gasteiger partial charge in [0.1, 0.15) is 12.0 Å². The Hall–Kier alpha value is -1.61. The van der Waals surface area contributed by atoms with E-state index < -0.39 is 0 Å². The molecule has 1 aromatic rings. The van der Waals surface area contributed by atoms with Crippen molar-refractivity contribution in [1.82, 2.24) is 5.32 Å². The highest BCUT2D eigenvalue weighted by Crippen LogP contribution is 2.12. The van der Waals surface area contributed by atoms with E-state index in [1.54, 1.807) is 0 Å². The van der Waals surface area contributed by atoms with E-state index in [-0.39, 0.29) is 6.04 Å². The highest BCUT2D eigenvalue weighted by atomic mass is 16.5. The van der Waals surface area contributed by atoms with Gasteiger partial charge in [0.15, 0.2) is 0 Å². The molecule has 0 aliphatic rings. The van der Waals surface area contributed by atoms with Gasteiger partial charge in [-0.15, -0.1) is 0 Å². The second-order valence-corrected chi connectivity index (χ2v) is 4.79. The topological polar surface area (TPSA) is 38.3 Å². The number of ether oxygens (including phenoxy) is 1. The number of nitrogens with one attached hydrogen (secondary N) is 1. The fourth-order valence-corrected chi connectivity index (χ4v) is 2.07. The van der Waals surface area contributed by atoms with Crippen LogP contribution in [-0.4, -0.2) is 26.0 Å². The fraction of sp³-hybridized carbons (Fsp3) is 0.471. The van der Waals surface area contributed by atoms with Crippen LogP contribution in [0.15, 0.2) is 42.2 Å². The lowest BCUT2D eigenvalue weighted by Crippen LogP contribution is -2.31. The number of likely N-dealkylation sites (N-methyl/N-ethyl adjacent to an activating group) is 1. The van der Waals surface area contributed by atoms with Crippen molar-refractivity contribution in [1.29, 1.82) is 0 Å². The molecule has 0 fully saturated rings. The molecule has 0 heterocycles. The molecule has 0 amide bonds. The Labute approximate surface area is 122 Å². The first kappa shape index (κ1) is 16.4. The van der Waals surface area contributed by atoms with Gasteiger partial charge in [0.2, 0.25) is 0 Å². The van der Waals surface area contributed by atoms with Crippen LogP contribution in [0.5, 0.6) is 0 Å². The van der Waals surface area contributed by atoms with Crippen molar-refractivity contribution >= 4 is 6.29 Å². The molecule has 0 saturated carbocycles. The van der Waals surface area contributed by atoms with Crippen LogP contribution in [0.2, 0.25) is 0 Å². The fourth-order valence-electron chi connectivity index (χ4n) is 2.07. The van der Waals surface area contributed by atoms with Crippen molar-refractivity contribution in [2.45, 2.75) is 38.6 Å². The van der Waals surface area contributed by atoms with E-state index >= 15 is 0 Å². The zero-order valence-corrected chi connectivity index (χ0v) is 12.5. The van der Waals surface area contributed by atoms with Gasteiger partial charge >= 0.3 is 0 Å². The average molecular weight is 275 g/mol. The van der Waals surface area contributed by atoms with Gasteiger partial charge in [-0.2, -0.15) is 0 Å². The minimum absolute atomic E-state index is 0.0317. The van der Waals surface area contributed by atoms with Crippen LogP contribution in [0, 0.1) is 0 Å². The third-order valence-electron chi connectivity index (χ3n) is 3.22. The maximum absolute atomic E-state index is 10.8. The minimum Gasteiger partial charge on any atom is -0.496 e. The third-order valence-corrected chi connectivity index (χ3v) is 3.22. The molecule has 0 aromatic heterocycles. The summed E-state index contributed by atoms with van der Waals surface area (Å²) >= 11 is 0. The number of rotatable bonds is 10. The SMILES string of the molecule is CCCCCO/C(=C/C=O)C(Cc1ccccc1)NC. The van der Waals surface area contributed by atoms with Gasteiger partial charge in [0.25, 0.3) is 0 Å². The van der Waals surface area contributed by atoms with Crippen molar-refractivity contribution in [3.63, 3.8) is 0 Å². The molecule has 1 N–H and O–H groups in total. The molecule has 3 nitrogen and oxygen atoms in total. The summed E-state index contributed by atoms with van der Waals surface area (Å²) in [6, 6.07) is 10.2. The maximum atomic E-state index is 10.8. The lowest BCUT2D eigenvalue weighted by molar-refractivity contribution is -0.104. The monoisotopic (exact) mass is 275 g/mol. The highest BCUT2D eigenvalue weighted by molar-refractivity contribution is 5.65. The zero-order valence-electron chi connectivity index (χ0n) is 12.5. The summed E-state index contributed by atoms with van der Waals surface area (Å²) in [5.41, 5.74) is 1.22. The van der Waals surface area contributed by atoms with Crippen molar-refractivity contribution in [3.05, 3.63) is 47.7 Å². The Morgan fingerprint density at radius 2 is 2.05 bits per heavy atom. The van der Waals surface area contributed by atoms with E-state index in [9.17, 15) is 4.79 Å². The molecule has 1 unspecified atom stereocenters. The van der Waals surface area contributed by atoms with Gasteiger partial charge in [0, 0.05) is 6.08 Å². The first-order valence-electron chi connectivity index (χ1n) is 7.31. The summed E-state index contributed by atoms with van der Waals surface area (Å²) in [5, 5.41) is 3.22. The average Bonchev–Trinajstić information content (AvgIpc) is 2.49. The number of unbranched alkanes of at least 4 members (excludes halogenated alkanes) is 2. The van der Waals surface area contributed by atoms with Gasteiger partial charge in [-0.1, -0.05) is 50.1 Å². The summed E-state index contributed by atoms with van der Waals surface area (Å²) < 4.78 is 5.78. The van der Waals surface area contributed by atoms with Crippen molar-refractivity contribution in [2.75, 3.05) is 13.7 Å². The van der Waals surface area contributed by atoms with Gasteiger partial charge < -0.3 is 10.1 Å². The molecule has 0 aliphatic heterocycles. The standard InChI is InChI=1S/C17H25NO2/c1-3-4-8-13-20-17(11-12-19)16(18-2)14-15-9-6-5-7-10-15/h5-7,9-12,16,18H,3-4,8,13-14H2,1-2H3/b17-11+. The van der Waals surface area contributed by atoms with Crippen LogP contribution in [0.1, 0.15) is 31.7 Å². The minimum atomic E-state index is 0.0317. The molecule has 0 saturated heterocycles. The molecule has 20 heavy (non-hydrogen) atoms. The first-order valence-corrected chi connectivity index (χ1v) is 7.31. The number of hydrogen-bond donors (Lipinski definition) is 1. The zero-order chi connectivity index (χ0) is 14.6. The van der Waals surface area contributed by atoms with Gasteiger partial charge in [-0.05, 0) is 25.5 Å². The van der Waals surface area contributed by atoms with Gasteiger partial charge in [-0.3, -0.25) is 4.79 Å².